The molecule has 5 heterocycles. The molecule has 0 saturated carbocycles. The number of phenols is 1. The third kappa shape index (κ3) is 5.23. The highest BCUT2D eigenvalue weighted by Gasteiger charge is 2.49. The van der Waals surface area contributed by atoms with E-state index in [0.29, 0.717) is 78.0 Å². The summed E-state index contributed by atoms with van der Waals surface area (Å²) in [5.74, 6) is -0.124. The molecule has 0 aliphatic carbocycles. The van der Waals surface area contributed by atoms with Crippen LogP contribution < -0.4 is 14.5 Å². The van der Waals surface area contributed by atoms with Crippen LogP contribution in [0, 0.1) is 23.1 Å². The van der Waals surface area contributed by atoms with Gasteiger partial charge in [0.15, 0.2) is 0 Å². The van der Waals surface area contributed by atoms with Gasteiger partial charge in [-0.3, -0.25) is 9.69 Å². The number of alkyl halides is 1. The van der Waals surface area contributed by atoms with Gasteiger partial charge in [-0.2, -0.15) is 15.2 Å². The van der Waals surface area contributed by atoms with Gasteiger partial charge in [0, 0.05) is 43.9 Å². The molecule has 1 unspecified atom stereocenters. The molecule has 11 heteroatoms. The van der Waals surface area contributed by atoms with E-state index in [9.17, 15) is 19.6 Å². The van der Waals surface area contributed by atoms with Crippen molar-refractivity contribution >= 4 is 28.2 Å². The van der Waals surface area contributed by atoms with E-state index in [2.05, 4.69) is 15.9 Å². The highest BCUT2D eigenvalue weighted by atomic mass is 19.1. The van der Waals surface area contributed by atoms with Gasteiger partial charge in [0.1, 0.15) is 35.7 Å². The zero-order chi connectivity index (χ0) is 31.3. The summed E-state index contributed by atoms with van der Waals surface area (Å²) in [6.07, 6.45) is 4.97. The lowest BCUT2D eigenvalue weighted by Crippen LogP contribution is -2.43. The van der Waals surface area contributed by atoms with Gasteiger partial charge in [0.05, 0.1) is 29.5 Å². The lowest BCUT2D eigenvalue weighted by molar-refractivity contribution is 0.0996. The predicted molar refractivity (Wildman–Crippen MR) is 166 cm³/mol. The minimum absolute atomic E-state index is 0.0276. The number of aromatic nitrogens is 2. The standard InChI is InChI=1S/C34H38F2N6O3/c1-2-25-26(36)8-7-22-14-24(43)15-28(29(22)25)42-19-27-30(32(42)44)31(40-12-4-3-6-21(17-40)9-11-37)39-33(38-27)45-20-34-10-5-13-41(34)18-23(35)16-34/h7-8,14-15,21,23,43H,2-6,9-10,12-13,16-20H2,1H3/t21?,23-,34+/m1/s1. The second kappa shape index (κ2) is 11.7. The molecule has 3 aromatic rings. The summed E-state index contributed by atoms with van der Waals surface area (Å²) in [5.41, 5.74) is 1.35. The Bertz CT molecular complexity index is 1690. The number of phenolic OH excluding ortho intramolecular Hbond substituents is 1. The third-order valence-corrected chi connectivity index (χ3v) is 10.2. The lowest BCUT2D eigenvalue weighted by atomic mass is 9.95. The van der Waals surface area contributed by atoms with Crippen molar-refractivity contribution < 1.29 is 23.4 Å². The van der Waals surface area contributed by atoms with Crippen LogP contribution in [0.5, 0.6) is 11.8 Å². The van der Waals surface area contributed by atoms with E-state index >= 15 is 4.39 Å². The number of carbonyl (C=O) groups is 1. The summed E-state index contributed by atoms with van der Waals surface area (Å²) in [6, 6.07) is 8.52. The smallest absolute Gasteiger partial charge is 0.318 e. The van der Waals surface area contributed by atoms with Crippen LogP contribution in [0.4, 0.5) is 20.3 Å². The van der Waals surface area contributed by atoms with Gasteiger partial charge in [-0.15, -0.1) is 0 Å². The number of rotatable bonds is 7. The van der Waals surface area contributed by atoms with Gasteiger partial charge >= 0.3 is 6.01 Å². The third-order valence-electron chi connectivity index (χ3n) is 10.2. The number of fused-ring (bicyclic) bond motifs is 3. The van der Waals surface area contributed by atoms with E-state index < -0.39 is 6.17 Å². The van der Waals surface area contributed by atoms with Crippen molar-refractivity contribution in [2.24, 2.45) is 5.92 Å². The van der Waals surface area contributed by atoms with Crippen molar-refractivity contribution in [2.45, 2.75) is 76.5 Å². The zero-order valence-corrected chi connectivity index (χ0v) is 25.6. The summed E-state index contributed by atoms with van der Waals surface area (Å²) in [4.78, 5) is 29.7. The Morgan fingerprint density at radius 1 is 1.18 bits per heavy atom. The van der Waals surface area contributed by atoms with Gasteiger partial charge in [-0.1, -0.05) is 19.4 Å². The van der Waals surface area contributed by atoms with E-state index in [-0.39, 0.29) is 48.1 Å². The molecular weight excluding hydrogens is 578 g/mol. The van der Waals surface area contributed by atoms with Gasteiger partial charge in [0.25, 0.3) is 5.91 Å². The molecule has 3 fully saturated rings. The minimum Gasteiger partial charge on any atom is -0.508 e. The van der Waals surface area contributed by atoms with E-state index in [1.54, 1.807) is 17.0 Å². The second-order valence-corrected chi connectivity index (χ2v) is 13.0. The van der Waals surface area contributed by atoms with Crippen LogP contribution >= 0.6 is 0 Å². The number of aryl methyl sites for hydroxylation is 1. The Labute approximate surface area is 261 Å². The SMILES string of the molecule is CCc1c(F)ccc2cc(O)cc(N3Cc4nc(OC[C@@]56CCCN5C[C@H](F)C6)nc(N5CCCCC(CC#N)C5)c4C3=O)c12. The Morgan fingerprint density at radius 3 is 2.87 bits per heavy atom. The van der Waals surface area contributed by atoms with Crippen molar-refractivity contribution in [1.82, 2.24) is 14.9 Å². The number of halogens is 2. The maximum atomic E-state index is 15.0. The molecule has 2 aromatic carbocycles. The van der Waals surface area contributed by atoms with Crippen LogP contribution in [-0.2, 0) is 13.0 Å². The Morgan fingerprint density at radius 2 is 2.04 bits per heavy atom. The molecule has 0 spiro atoms. The van der Waals surface area contributed by atoms with Crippen molar-refractivity contribution in [2.75, 3.05) is 42.6 Å². The fraction of sp³-hybridized carbons (Fsp3) is 0.529. The number of hydrogen-bond donors (Lipinski definition) is 1. The maximum Gasteiger partial charge on any atom is 0.318 e. The van der Waals surface area contributed by atoms with Crippen molar-refractivity contribution in [3.63, 3.8) is 0 Å². The molecule has 4 aliphatic heterocycles. The van der Waals surface area contributed by atoms with Crippen LogP contribution in [0.15, 0.2) is 24.3 Å². The molecule has 3 atom stereocenters. The van der Waals surface area contributed by atoms with E-state index in [1.807, 2.05) is 6.92 Å². The number of benzene rings is 2. The topological polar surface area (TPSA) is 106 Å². The van der Waals surface area contributed by atoms with E-state index in [1.165, 1.54) is 12.1 Å². The Kier molecular flexibility index (Phi) is 7.72. The van der Waals surface area contributed by atoms with Crippen molar-refractivity contribution in [1.29, 1.82) is 5.26 Å². The van der Waals surface area contributed by atoms with Crippen LogP contribution in [0.1, 0.15) is 73.5 Å². The number of anilines is 2. The Hall–Kier alpha value is -4.04. The first-order valence-corrected chi connectivity index (χ1v) is 16.1. The zero-order valence-electron chi connectivity index (χ0n) is 25.6. The van der Waals surface area contributed by atoms with Gasteiger partial charge in [-0.05, 0) is 67.6 Å². The Balaban J connectivity index is 1.30. The molecule has 7 rings (SSSR count). The number of hydrogen-bond acceptors (Lipinski definition) is 8. The molecule has 45 heavy (non-hydrogen) atoms. The van der Waals surface area contributed by atoms with Gasteiger partial charge in [-0.25, -0.2) is 8.78 Å². The number of nitrogens with zero attached hydrogens (tertiary/aromatic N) is 6. The fourth-order valence-electron chi connectivity index (χ4n) is 8.05. The minimum atomic E-state index is -0.888. The molecule has 0 radical (unpaired) electrons. The first-order valence-electron chi connectivity index (χ1n) is 16.1. The average molecular weight is 617 g/mol. The molecule has 1 N–H and O–H groups in total. The van der Waals surface area contributed by atoms with Gasteiger partial charge in [0.2, 0.25) is 0 Å². The van der Waals surface area contributed by atoms with Crippen LogP contribution in [-0.4, -0.2) is 70.4 Å². The number of aromatic hydroxyl groups is 1. The highest BCUT2D eigenvalue weighted by molar-refractivity contribution is 6.16. The summed E-state index contributed by atoms with van der Waals surface area (Å²) in [6.45, 7) is 4.71. The monoisotopic (exact) mass is 616 g/mol. The quantitative estimate of drug-likeness (QED) is 0.362. The number of amides is 1. The fourth-order valence-corrected chi connectivity index (χ4v) is 8.05. The second-order valence-electron chi connectivity index (χ2n) is 13.0. The number of nitriles is 1. The molecule has 1 amide bonds. The van der Waals surface area contributed by atoms with Crippen LogP contribution in [0.25, 0.3) is 10.8 Å². The first-order chi connectivity index (χ1) is 21.8. The van der Waals surface area contributed by atoms with E-state index in [4.69, 9.17) is 14.7 Å². The lowest BCUT2D eigenvalue weighted by Gasteiger charge is -2.31. The summed E-state index contributed by atoms with van der Waals surface area (Å²) < 4.78 is 35.8. The number of ether oxygens (including phenoxy) is 1. The van der Waals surface area contributed by atoms with Crippen LogP contribution in [0.2, 0.25) is 0 Å². The first kappa shape index (κ1) is 29.7. The van der Waals surface area contributed by atoms with Crippen molar-refractivity contribution in [3.8, 4) is 17.8 Å². The molecular formula is C34H38F2N6O3. The molecule has 9 nitrogen and oxygen atoms in total. The van der Waals surface area contributed by atoms with Gasteiger partial charge < -0.3 is 19.6 Å². The number of carbonyl (C=O) groups excluding carboxylic acids is 1. The maximum absolute atomic E-state index is 15.0. The summed E-state index contributed by atoms with van der Waals surface area (Å²) in [5, 5.41) is 21.3. The predicted octanol–water partition coefficient (Wildman–Crippen LogP) is 5.67. The summed E-state index contributed by atoms with van der Waals surface area (Å²) >= 11 is 0. The molecule has 1 aromatic heterocycles. The molecule has 0 bridgehead atoms. The molecule has 3 saturated heterocycles. The van der Waals surface area contributed by atoms with Crippen molar-refractivity contribution in [3.05, 3.63) is 46.9 Å². The highest BCUT2D eigenvalue weighted by Crippen LogP contribution is 2.43. The normalized spacial score (nSPS) is 25.0. The summed E-state index contributed by atoms with van der Waals surface area (Å²) in [7, 11) is 0. The molecule has 4 aliphatic rings. The average Bonchev–Trinajstić information content (AvgIpc) is 3.58. The molecule has 236 valence electrons. The largest absolute Gasteiger partial charge is 0.508 e. The van der Waals surface area contributed by atoms with E-state index in [0.717, 1.165) is 38.6 Å². The van der Waals surface area contributed by atoms with Crippen LogP contribution in [0.3, 0.4) is 0 Å².